The second kappa shape index (κ2) is 6.02. The summed E-state index contributed by atoms with van der Waals surface area (Å²) in [5.74, 6) is 0. The smallest absolute Gasteiger partial charge is 0.0256 e. The molecule has 0 bridgehead atoms. The van der Waals surface area contributed by atoms with Gasteiger partial charge in [0, 0.05) is 0 Å². The highest BCUT2D eigenvalue weighted by atomic mass is 13.9. The van der Waals surface area contributed by atoms with E-state index in [2.05, 4.69) is 62.4 Å². The summed E-state index contributed by atoms with van der Waals surface area (Å²) in [5.41, 5.74) is 3.80. The molecule has 0 radical (unpaired) electrons. The number of rotatable bonds is 3. The first-order valence-corrected chi connectivity index (χ1v) is 5.26. The molecule has 0 spiro atoms. The van der Waals surface area contributed by atoms with Gasteiger partial charge >= 0.3 is 0 Å². The highest BCUT2D eigenvalue weighted by molar-refractivity contribution is 5.52. The SMILES string of the molecule is C\C=C/C(C)=C\C=C\c1ccc(C)cc1. The van der Waals surface area contributed by atoms with E-state index in [9.17, 15) is 0 Å². The van der Waals surface area contributed by atoms with Gasteiger partial charge in [-0.15, -0.1) is 0 Å². The van der Waals surface area contributed by atoms with Crippen molar-refractivity contribution in [1.29, 1.82) is 0 Å². The van der Waals surface area contributed by atoms with Gasteiger partial charge in [-0.05, 0) is 26.3 Å². The van der Waals surface area contributed by atoms with Crippen LogP contribution in [0.25, 0.3) is 6.08 Å². The van der Waals surface area contributed by atoms with Gasteiger partial charge in [0.25, 0.3) is 0 Å². The Morgan fingerprint density at radius 3 is 2.40 bits per heavy atom. The average molecular weight is 198 g/mol. The van der Waals surface area contributed by atoms with E-state index in [0.29, 0.717) is 0 Å². The average Bonchev–Trinajstić information content (AvgIpc) is 2.21. The van der Waals surface area contributed by atoms with Crippen LogP contribution in [0, 0.1) is 6.92 Å². The molecule has 0 heteroatoms. The van der Waals surface area contributed by atoms with Gasteiger partial charge in [-0.3, -0.25) is 0 Å². The number of benzene rings is 1. The Labute approximate surface area is 92.6 Å². The van der Waals surface area contributed by atoms with Crippen LogP contribution in [0.3, 0.4) is 0 Å². The zero-order valence-corrected chi connectivity index (χ0v) is 9.70. The van der Waals surface area contributed by atoms with Crippen molar-refractivity contribution in [1.82, 2.24) is 0 Å². The van der Waals surface area contributed by atoms with Gasteiger partial charge in [0.15, 0.2) is 0 Å². The van der Waals surface area contributed by atoms with E-state index in [4.69, 9.17) is 0 Å². The summed E-state index contributed by atoms with van der Waals surface area (Å²) in [6.07, 6.45) is 10.5. The molecule has 0 atom stereocenters. The number of allylic oxidation sites excluding steroid dienone is 5. The first-order valence-electron chi connectivity index (χ1n) is 5.26. The molecule has 1 aromatic rings. The summed E-state index contributed by atoms with van der Waals surface area (Å²) in [4.78, 5) is 0. The van der Waals surface area contributed by atoms with Gasteiger partial charge < -0.3 is 0 Å². The van der Waals surface area contributed by atoms with Crippen LogP contribution in [0.15, 0.2) is 54.1 Å². The summed E-state index contributed by atoms with van der Waals surface area (Å²) >= 11 is 0. The lowest BCUT2D eigenvalue weighted by Crippen LogP contribution is -1.73. The summed E-state index contributed by atoms with van der Waals surface area (Å²) in [5, 5.41) is 0. The maximum atomic E-state index is 2.13. The van der Waals surface area contributed by atoms with Gasteiger partial charge in [-0.1, -0.05) is 65.8 Å². The monoisotopic (exact) mass is 198 g/mol. The molecule has 1 rings (SSSR count). The van der Waals surface area contributed by atoms with Crippen LogP contribution in [0.5, 0.6) is 0 Å². The molecule has 78 valence electrons. The summed E-state index contributed by atoms with van der Waals surface area (Å²) in [6.45, 7) is 6.23. The van der Waals surface area contributed by atoms with Crippen molar-refractivity contribution < 1.29 is 0 Å². The fraction of sp³-hybridized carbons (Fsp3) is 0.200. The number of hydrogen-bond acceptors (Lipinski definition) is 0. The number of aryl methyl sites for hydroxylation is 1. The van der Waals surface area contributed by atoms with Crippen LogP contribution in [-0.4, -0.2) is 0 Å². The van der Waals surface area contributed by atoms with Gasteiger partial charge in [0.1, 0.15) is 0 Å². The van der Waals surface area contributed by atoms with Crippen molar-refractivity contribution in [3.8, 4) is 0 Å². The van der Waals surface area contributed by atoms with E-state index in [-0.39, 0.29) is 0 Å². The Balaban J connectivity index is 2.66. The normalized spacial score (nSPS) is 12.9. The Morgan fingerprint density at radius 1 is 1.13 bits per heavy atom. The van der Waals surface area contributed by atoms with Crippen molar-refractivity contribution in [3.05, 3.63) is 65.3 Å². The van der Waals surface area contributed by atoms with E-state index >= 15 is 0 Å². The molecular formula is C15H18. The highest BCUT2D eigenvalue weighted by Crippen LogP contribution is 2.05. The summed E-state index contributed by atoms with van der Waals surface area (Å²) < 4.78 is 0. The largest absolute Gasteiger partial charge is 0.0874 e. The van der Waals surface area contributed by atoms with Crippen molar-refractivity contribution in [2.24, 2.45) is 0 Å². The van der Waals surface area contributed by atoms with Crippen molar-refractivity contribution in [2.45, 2.75) is 20.8 Å². The molecule has 0 saturated carbocycles. The van der Waals surface area contributed by atoms with Crippen molar-refractivity contribution >= 4 is 6.08 Å². The van der Waals surface area contributed by atoms with Gasteiger partial charge in [0.2, 0.25) is 0 Å². The Kier molecular flexibility index (Phi) is 4.62. The van der Waals surface area contributed by atoms with E-state index in [0.717, 1.165) is 0 Å². The third kappa shape index (κ3) is 4.46. The molecule has 0 amide bonds. The highest BCUT2D eigenvalue weighted by Gasteiger charge is 1.84. The molecule has 0 nitrogen and oxygen atoms in total. The second-order valence-electron chi connectivity index (χ2n) is 3.68. The van der Waals surface area contributed by atoms with Crippen LogP contribution in [0.2, 0.25) is 0 Å². The lowest BCUT2D eigenvalue weighted by atomic mass is 10.1. The predicted molar refractivity (Wildman–Crippen MR) is 68.8 cm³/mol. The number of hydrogen-bond donors (Lipinski definition) is 0. The molecule has 0 aliphatic rings. The maximum absolute atomic E-state index is 2.13. The molecule has 0 unspecified atom stereocenters. The molecule has 15 heavy (non-hydrogen) atoms. The van der Waals surface area contributed by atoms with Crippen LogP contribution in [0.4, 0.5) is 0 Å². The minimum absolute atomic E-state index is 1.24. The third-order valence-electron chi connectivity index (χ3n) is 2.15. The van der Waals surface area contributed by atoms with Crippen molar-refractivity contribution in [3.63, 3.8) is 0 Å². The fourth-order valence-electron chi connectivity index (χ4n) is 1.31. The summed E-state index contributed by atoms with van der Waals surface area (Å²) in [6, 6.07) is 8.51. The van der Waals surface area contributed by atoms with E-state index in [1.807, 2.05) is 13.0 Å². The van der Waals surface area contributed by atoms with Crippen LogP contribution >= 0.6 is 0 Å². The van der Waals surface area contributed by atoms with Crippen LogP contribution < -0.4 is 0 Å². The Morgan fingerprint density at radius 2 is 1.80 bits per heavy atom. The first-order chi connectivity index (χ1) is 7.22. The molecule has 0 heterocycles. The second-order valence-corrected chi connectivity index (χ2v) is 3.68. The summed E-state index contributed by atoms with van der Waals surface area (Å²) in [7, 11) is 0. The standard InChI is InChI=1S/C15H18/c1-4-6-13(2)7-5-8-15-11-9-14(3)10-12-15/h4-12H,1-3H3/b6-4-,8-5+,13-7-. The molecule has 0 saturated heterocycles. The quantitative estimate of drug-likeness (QED) is 0.626. The molecule has 0 aliphatic carbocycles. The fourth-order valence-corrected chi connectivity index (χ4v) is 1.31. The van der Waals surface area contributed by atoms with E-state index < -0.39 is 0 Å². The Bertz CT molecular complexity index is 375. The van der Waals surface area contributed by atoms with E-state index in [1.165, 1.54) is 16.7 Å². The maximum Gasteiger partial charge on any atom is -0.0256 e. The zero-order valence-electron chi connectivity index (χ0n) is 9.70. The predicted octanol–water partition coefficient (Wildman–Crippen LogP) is 4.53. The topological polar surface area (TPSA) is 0 Å². The van der Waals surface area contributed by atoms with Crippen LogP contribution in [-0.2, 0) is 0 Å². The first kappa shape index (κ1) is 11.5. The molecule has 0 aliphatic heterocycles. The molecule has 1 aromatic carbocycles. The molecule has 0 aromatic heterocycles. The van der Waals surface area contributed by atoms with Gasteiger partial charge in [0.05, 0.1) is 0 Å². The zero-order chi connectivity index (χ0) is 11.1. The lowest BCUT2D eigenvalue weighted by molar-refractivity contribution is 1.46. The molecule has 0 N–H and O–H groups in total. The molecule has 0 fully saturated rings. The van der Waals surface area contributed by atoms with Crippen molar-refractivity contribution in [2.75, 3.05) is 0 Å². The molecular weight excluding hydrogens is 180 g/mol. The van der Waals surface area contributed by atoms with Crippen LogP contribution in [0.1, 0.15) is 25.0 Å². The lowest BCUT2D eigenvalue weighted by Gasteiger charge is -1.93. The minimum atomic E-state index is 1.24. The van der Waals surface area contributed by atoms with Gasteiger partial charge in [-0.25, -0.2) is 0 Å². The van der Waals surface area contributed by atoms with E-state index in [1.54, 1.807) is 0 Å². The Hall–Kier alpha value is -1.56. The minimum Gasteiger partial charge on any atom is -0.0874 e. The third-order valence-corrected chi connectivity index (χ3v) is 2.15. The van der Waals surface area contributed by atoms with Gasteiger partial charge in [-0.2, -0.15) is 0 Å².